The maximum absolute atomic E-state index is 12.5. The zero-order chi connectivity index (χ0) is 19.2. The molecule has 2 aromatic carbocycles. The van der Waals surface area contributed by atoms with E-state index in [4.69, 9.17) is 11.6 Å². The van der Waals surface area contributed by atoms with Crippen molar-refractivity contribution in [3.63, 3.8) is 0 Å². The van der Waals surface area contributed by atoms with Gasteiger partial charge < -0.3 is 5.32 Å². The molecule has 0 spiro atoms. The predicted octanol–water partition coefficient (Wildman–Crippen LogP) is 3.28. The maximum atomic E-state index is 12.5. The second kappa shape index (κ2) is 8.82. The molecule has 3 amide bonds. The minimum absolute atomic E-state index is 0.0986. The summed E-state index contributed by atoms with van der Waals surface area (Å²) in [4.78, 5) is 37.0. The lowest BCUT2D eigenvalue weighted by atomic mass is 9.98. The van der Waals surface area contributed by atoms with E-state index >= 15 is 0 Å². The SMILES string of the molecule is O=C(CCN1C(=O)CCC1=O)NC(Cc1ccc(Cl)cc1)c1ccccc1. The van der Waals surface area contributed by atoms with Gasteiger partial charge in [-0.05, 0) is 29.7 Å². The van der Waals surface area contributed by atoms with Crippen LogP contribution in [0.4, 0.5) is 0 Å². The Morgan fingerprint density at radius 3 is 2.26 bits per heavy atom. The van der Waals surface area contributed by atoms with Crippen molar-refractivity contribution in [3.8, 4) is 0 Å². The molecule has 0 saturated carbocycles. The summed E-state index contributed by atoms with van der Waals surface area (Å²) in [5.41, 5.74) is 2.05. The molecule has 1 unspecified atom stereocenters. The summed E-state index contributed by atoms with van der Waals surface area (Å²) in [6, 6.07) is 17.0. The largest absolute Gasteiger partial charge is 0.349 e. The first kappa shape index (κ1) is 19.1. The van der Waals surface area contributed by atoms with Crippen molar-refractivity contribution in [3.05, 3.63) is 70.7 Å². The number of nitrogens with one attached hydrogen (secondary N) is 1. The third-order valence-corrected chi connectivity index (χ3v) is 4.86. The van der Waals surface area contributed by atoms with Crippen LogP contribution in [0.5, 0.6) is 0 Å². The van der Waals surface area contributed by atoms with E-state index in [0.29, 0.717) is 11.4 Å². The molecule has 0 radical (unpaired) electrons. The van der Waals surface area contributed by atoms with Crippen LogP contribution >= 0.6 is 11.6 Å². The standard InChI is InChI=1S/C21H21ClN2O3/c22-17-8-6-15(7-9-17)14-18(16-4-2-1-3-5-16)23-19(25)12-13-24-20(26)10-11-21(24)27/h1-9,18H,10-14H2,(H,23,25). The fourth-order valence-corrected chi connectivity index (χ4v) is 3.27. The highest BCUT2D eigenvalue weighted by Crippen LogP contribution is 2.20. The Morgan fingerprint density at radius 2 is 1.63 bits per heavy atom. The topological polar surface area (TPSA) is 66.5 Å². The first-order valence-electron chi connectivity index (χ1n) is 8.95. The molecule has 5 nitrogen and oxygen atoms in total. The van der Waals surface area contributed by atoms with Crippen molar-refractivity contribution < 1.29 is 14.4 Å². The van der Waals surface area contributed by atoms with Crippen molar-refractivity contribution in [2.45, 2.75) is 31.7 Å². The molecule has 1 fully saturated rings. The van der Waals surface area contributed by atoms with E-state index in [2.05, 4.69) is 5.32 Å². The van der Waals surface area contributed by atoms with Crippen LogP contribution in [0.25, 0.3) is 0 Å². The third kappa shape index (κ3) is 5.17. The molecule has 27 heavy (non-hydrogen) atoms. The highest BCUT2D eigenvalue weighted by Gasteiger charge is 2.29. The van der Waals surface area contributed by atoms with Gasteiger partial charge in [-0.25, -0.2) is 0 Å². The fraction of sp³-hybridized carbons (Fsp3) is 0.286. The molecule has 1 saturated heterocycles. The maximum Gasteiger partial charge on any atom is 0.229 e. The fourth-order valence-electron chi connectivity index (χ4n) is 3.15. The van der Waals surface area contributed by atoms with Crippen LogP contribution in [0.1, 0.15) is 36.4 Å². The van der Waals surface area contributed by atoms with Crippen LogP contribution in [0.15, 0.2) is 54.6 Å². The van der Waals surface area contributed by atoms with Gasteiger partial charge in [-0.3, -0.25) is 19.3 Å². The summed E-state index contributed by atoms with van der Waals surface area (Å²) in [5.74, 6) is -0.590. The average molecular weight is 385 g/mol. The molecule has 0 aliphatic carbocycles. The number of rotatable bonds is 7. The Kier molecular flexibility index (Phi) is 6.24. The van der Waals surface area contributed by atoms with Gasteiger partial charge in [0.1, 0.15) is 0 Å². The van der Waals surface area contributed by atoms with E-state index in [0.717, 1.165) is 11.1 Å². The smallest absolute Gasteiger partial charge is 0.229 e. The lowest BCUT2D eigenvalue weighted by Crippen LogP contribution is -2.36. The van der Waals surface area contributed by atoms with E-state index in [9.17, 15) is 14.4 Å². The number of likely N-dealkylation sites (tertiary alicyclic amines) is 1. The average Bonchev–Trinajstić information content (AvgIpc) is 3.00. The molecule has 1 atom stereocenters. The normalized spacial score (nSPS) is 15.1. The van der Waals surface area contributed by atoms with Crippen molar-refractivity contribution in [1.29, 1.82) is 0 Å². The van der Waals surface area contributed by atoms with Crippen LogP contribution in [0.3, 0.4) is 0 Å². The van der Waals surface area contributed by atoms with Gasteiger partial charge in [0.2, 0.25) is 17.7 Å². The first-order chi connectivity index (χ1) is 13.0. The number of imide groups is 1. The van der Waals surface area contributed by atoms with Crippen LogP contribution in [0.2, 0.25) is 5.02 Å². The van der Waals surface area contributed by atoms with Gasteiger partial charge in [-0.1, -0.05) is 54.1 Å². The number of hydrogen-bond acceptors (Lipinski definition) is 3. The summed E-state index contributed by atoms with van der Waals surface area (Å²) in [6.07, 6.45) is 1.20. The van der Waals surface area contributed by atoms with Crippen molar-refractivity contribution in [2.24, 2.45) is 0 Å². The second-order valence-corrected chi connectivity index (χ2v) is 6.99. The molecule has 1 aliphatic rings. The highest BCUT2D eigenvalue weighted by molar-refractivity contribution is 6.30. The van der Waals surface area contributed by atoms with Gasteiger partial charge in [0.05, 0.1) is 6.04 Å². The lowest BCUT2D eigenvalue weighted by molar-refractivity contribution is -0.138. The summed E-state index contributed by atoms with van der Waals surface area (Å²) >= 11 is 5.95. The molecule has 6 heteroatoms. The van der Waals surface area contributed by atoms with E-state index in [1.165, 1.54) is 4.90 Å². The van der Waals surface area contributed by atoms with Crippen molar-refractivity contribution in [2.75, 3.05) is 6.54 Å². The van der Waals surface area contributed by atoms with Gasteiger partial charge in [0, 0.05) is 30.8 Å². The van der Waals surface area contributed by atoms with E-state index in [1.54, 1.807) is 0 Å². The zero-order valence-electron chi connectivity index (χ0n) is 14.9. The molecular weight excluding hydrogens is 364 g/mol. The minimum atomic E-state index is -0.204. The van der Waals surface area contributed by atoms with Gasteiger partial charge in [0.15, 0.2) is 0 Å². The van der Waals surface area contributed by atoms with Crippen LogP contribution in [0, 0.1) is 0 Å². The Bertz CT molecular complexity index is 805. The molecule has 140 valence electrons. The van der Waals surface area contributed by atoms with E-state index in [1.807, 2.05) is 54.6 Å². The minimum Gasteiger partial charge on any atom is -0.349 e. The molecule has 0 bridgehead atoms. The van der Waals surface area contributed by atoms with E-state index < -0.39 is 0 Å². The number of nitrogens with zero attached hydrogens (tertiary/aromatic N) is 1. The van der Waals surface area contributed by atoms with Gasteiger partial charge >= 0.3 is 0 Å². The van der Waals surface area contributed by atoms with Gasteiger partial charge in [0.25, 0.3) is 0 Å². The second-order valence-electron chi connectivity index (χ2n) is 6.55. The summed E-state index contributed by atoms with van der Waals surface area (Å²) < 4.78 is 0. The Labute approximate surface area is 163 Å². The quantitative estimate of drug-likeness (QED) is 0.745. The number of carbonyl (C=O) groups excluding carboxylic acids is 3. The number of amides is 3. The number of hydrogen-bond donors (Lipinski definition) is 1. The number of halogens is 1. The van der Waals surface area contributed by atoms with Crippen molar-refractivity contribution in [1.82, 2.24) is 10.2 Å². The molecule has 0 aromatic heterocycles. The summed E-state index contributed by atoms with van der Waals surface area (Å²) in [7, 11) is 0. The monoisotopic (exact) mass is 384 g/mol. The zero-order valence-corrected chi connectivity index (χ0v) is 15.6. The molecule has 1 N–H and O–H groups in total. The van der Waals surface area contributed by atoms with Crippen molar-refractivity contribution >= 4 is 29.3 Å². The van der Waals surface area contributed by atoms with Crippen LogP contribution < -0.4 is 5.32 Å². The molecule has 3 rings (SSSR count). The first-order valence-corrected chi connectivity index (χ1v) is 9.32. The van der Waals surface area contributed by atoms with Gasteiger partial charge in [-0.15, -0.1) is 0 Å². The van der Waals surface area contributed by atoms with Crippen LogP contribution in [-0.2, 0) is 20.8 Å². The highest BCUT2D eigenvalue weighted by atomic mass is 35.5. The molecule has 2 aromatic rings. The Balaban J connectivity index is 1.65. The van der Waals surface area contributed by atoms with E-state index in [-0.39, 0.29) is 49.6 Å². The summed E-state index contributed by atoms with van der Waals surface area (Å²) in [5, 5.41) is 3.69. The predicted molar refractivity (Wildman–Crippen MR) is 103 cm³/mol. The molecule has 1 heterocycles. The summed E-state index contributed by atoms with van der Waals surface area (Å²) in [6.45, 7) is 0.131. The molecule has 1 aliphatic heterocycles. The molecular formula is C21H21ClN2O3. The lowest BCUT2D eigenvalue weighted by Gasteiger charge is -2.20. The third-order valence-electron chi connectivity index (χ3n) is 4.61. The Morgan fingerprint density at radius 1 is 1.00 bits per heavy atom. The van der Waals surface area contributed by atoms with Crippen LogP contribution in [-0.4, -0.2) is 29.2 Å². The number of benzene rings is 2. The number of carbonyl (C=O) groups is 3. The Hall–Kier alpha value is -2.66. The van der Waals surface area contributed by atoms with Gasteiger partial charge in [-0.2, -0.15) is 0 Å².